The standard InChI is InChI=1S/C12H12Cl2F3N3O/c1-6-4-7(13)19-9(14)8(6)20-10(21)11(12(15,16)17)2-3-18-5-11/h4,18H,2-3,5H2,1H3,(H,20,21). The second-order valence-corrected chi connectivity index (χ2v) is 5.63. The number of anilines is 1. The van der Waals surface area contributed by atoms with Crippen molar-refractivity contribution in [1.82, 2.24) is 10.3 Å². The third kappa shape index (κ3) is 2.95. The molecule has 0 saturated carbocycles. The zero-order valence-electron chi connectivity index (χ0n) is 10.9. The third-order valence-corrected chi connectivity index (χ3v) is 3.98. The van der Waals surface area contributed by atoms with E-state index in [1.807, 2.05) is 0 Å². The molecular formula is C12H12Cl2F3N3O. The van der Waals surface area contributed by atoms with E-state index in [0.717, 1.165) is 0 Å². The van der Waals surface area contributed by atoms with Gasteiger partial charge in [0.1, 0.15) is 5.15 Å². The van der Waals surface area contributed by atoms with Gasteiger partial charge in [0.25, 0.3) is 0 Å². The summed E-state index contributed by atoms with van der Waals surface area (Å²) in [6, 6.07) is 1.41. The Balaban J connectivity index is 2.33. The van der Waals surface area contributed by atoms with Crippen molar-refractivity contribution in [2.45, 2.75) is 19.5 Å². The normalized spacial score (nSPS) is 22.4. The summed E-state index contributed by atoms with van der Waals surface area (Å²) in [7, 11) is 0. The predicted octanol–water partition coefficient (Wildman–Crippen LogP) is 3.18. The van der Waals surface area contributed by atoms with Gasteiger partial charge in [-0.1, -0.05) is 23.2 Å². The Hall–Kier alpha value is -1.05. The van der Waals surface area contributed by atoms with Crippen LogP contribution in [-0.4, -0.2) is 30.2 Å². The summed E-state index contributed by atoms with van der Waals surface area (Å²) in [4.78, 5) is 15.9. The summed E-state index contributed by atoms with van der Waals surface area (Å²) in [6.07, 6.45) is -4.97. The van der Waals surface area contributed by atoms with Crippen LogP contribution in [0.2, 0.25) is 10.3 Å². The lowest BCUT2D eigenvalue weighted by Crippen LogP contribution is -2.49. The highest BCUT2D eigenvalue weighted by Gasteiger charge is 2.61. The SMILES string of the molecule is Cc1cc(Cl)nc(Cl)c1NC(=O)C1(C(F)(F)F)CCNC1. The van der Waals surface area contributed by atoms with Crippen LogP contribution in [0, 0.1) is 12.3 Å². The van der Waals surface area contributed by atoms with E-state index < -0.39 is 24.0 Å². The first-order chi connectivity index (χ1) is 9.67. The number of rotatable bonds is 2. The number of carbonyl (C=O) groups excluding carboxylic acids is 1. The molecule has 2 N–H and O–H groups in total. The summed E-state index contributed by atoms with van der Waals surface area (Å²) < 4.78 is 39.8. The van der Waals surface area contributed by atoms with E-state index in [2.05, 4.69) is 15.6 Å². The fraction of sp³-hybridized carbons (Fsp3) is 0.500. The number of nitrogens with one attached hydrogen (secondary N) is 2. The molecule has 1 aromatic rings. The Kier molecular flexibility index (Phi) is 4.37. The van der Waals surface area contributed by atoms with Crippen LogP contribution in [0.4, 0.5) is 18.9 Å². The molecule has 1 aliphatic heterocycles. The zero-order chi connectivity index (χ0) is 15.8. The largest absolute Gasteiger partial charge is 0.404 e. The molecule has 21 heavy (non-hydrogen) atoms. The monoisotopic (exact) mass is 341 g/mol. The first-order valence-electron chi connectivity index (χ1n) is 6.09. The highest BCUT2D eigenvalue weighted by atomic mass is 35.5. The molecule has 0 bridgehead atoms. The van der Waals surface area contributed by atoms with Gasteiger partial charge in [-0.2, -0.15) is 13.2 Å². The first kappa shape index (κ1) is 16.3. The van der Waals surface area contributed by atoms with Gasteiger partial charge in [0.2, 0.25) is 5.91 Å². The van der Waals surface area contributed by atoms with Gasteiger partial charge in [-0.25, -0.2) is 4.98 Å². The maximum Gasteiger partial charge on any atom is 0.404 e. The third-order valence-electron chi connectivity index (χ3n) is 3.51. The smallest absolute Gasteiger partial charge is 0.322 e. The lowest BCUT2D eigenvalue weighted by molar-refractivity contribution is -0.213. The maximum atomic E-state index is 13.3. The number of alkyl halides is 3. The Bertz CT molecular complexity index is 548. The van der Waals surface area contributed by atoms with Crippen molar-refractivity contribution in [2.24, 2.45) is 5.41 Å². The average molecular weight is 342 g/mol. The summed E-state index contributed by atoms with van der Waals surface area (Å²) in [5.74, 6) is -1.14. The lowest BCUT2D eigenvalue weighted by atomic mass is 9.85. The molecule has 0 aromatic carbocycles. The molecule has 2 rings (SSSR count). The van der Waals surface area contributed by atoms with Gasteiger partial charge in [-0.15, -0.1) is 0 Å². The average Bonchev–Trinajstić information content (AvgIpc) is 2.83. The van der Waals surface area contributed by atoms with Crippen molar-refractivity contribution < 1.29 is 18.0 Å². The van der Waals surface area contributed by atoms with Crippen molar-refractivity contribution in [1.29, 1.82) is 0 Å². The van der Waals surface area contributed by atoms with E-state index in [0.29, 0.717) is 5.56 Å². The molecule has 1 amide bonds. The Morgan fingerprint density at radius 3 is 2.62 bits per heavy atom. The molecule has 1 fully saturated rings. The number of aryl methyl sites for hydroxylation is 1. The van der Waals surface area contributed by atoms with E-state index in [1.165, 1.54) is 6.07 Å². The number of pyridine rings is 1. The van der Waals surface area contributed by atoms with E-state index in [-0.39, 0.29) is 29.0 Å². The molecule has 1 saturated heterocycles. The fourth-order valence-electron chi connectivity index (χ4n) is 2.24. The van der Waals surface area contributed by atoms with Crippen LogP contribution in [-0.2, 0) is 4.79 Å². The van der Waals surface area contributed by atoms with Crippen LogP contribution in [0.5, 0.6) is 0 Å². The number of nitrogens with zero attached hydrogens (tertiary/aromatic N) is 1. The first-order valence-corrected chi connectivity index (χ1v) is 6.84. The van der Waals surface area contributed by atoms with E-state index in [4.69, 9.17) is 23.2 Å². The van der Waals surface area contributed by atoms with Crippen molar-refractivity contribution in [3.8, 4) is 0 Å². The predicted molar refractivity (Wildman–Crippen MR) is 73.6 cm³/mol. The van der Waals surface area contributed by atoms with Gasteiger partial charge in [0.15, 0.2) is 10.6 Å². The van der Waals surface area contributed by atoms with Gasteiger partial charge in [0.05, 0.1) is 5.69 Å². The second-order valence-electron chi connectivity index (χ2n) is 4.89. The van der Waals surface area contributed by atoms with E-state index in [1.54, 1.807) is 6.92 Å². The minimum atomic E-state index is -4.65. The number of amides is 1. The number of hydrogen-bond donors (Lipinski definition) is 2. The van der Waals surface area contributed by atoms with E-state index >= 15 is 0 Å². The quantitative estimate of drug-likeness (QED) is 0.812. The molecule has 1 aliphatic rings. The van der Waals surface area contributed by atoms with Gasteiger partial charge in [-0.05, 0) is 31.5 Å². The van der Waals surface area contributed by atoms with Crippen LogP contribution in [0.3, 0.4) is 0 Å². The van der Waals surface area contributed by atoms with Gasteiger partial charge in [-0.3, -0.25) is 4.79 Å². The summed E-state index contributed by atoms with van der Waals surface area (Å²) in [5.41, 5.74) is -1.97. The van der Waals surface area contributed by atoms with Crippen molar-refractivity contribution in [3.05, 3.63) is 21.9 Å². The molecule has 4 nitrogen and oxygen atoms in total. The molecule has 0 aliphatic carbocycles. The highest BCUT2D eigenvalue weighted by molar-refractivity contribution is 6.34. The second kappa shape index (κ2) is 5.62. The number of carbonyl (C=O) groups is 1. The highest BCUT2D eigenvalue weighted by Crippen LogP contribution is 2.44. The van der Waals surface area contributed by atoms with Crippen LogP contribution >= 0.6 is 23.2 Å². The number of aromatic nitrogens is 1. The topological polar surface area (TPSA) is 54.0 Å². The van der Waals surface area contributed by atoms with Crippen LogP contribution in [0.25, 0.3) is 0 Å². The molecule has 9 heteroatoms. The minimum Gasteiger partial charge on any atom is -0.322 e. The maximum absolute atomic E-state index is 13.3. The van der Waals surface area contributed by atoms with Crippen LogP contribution < -0.4 is 10.6 Å². The van der Waals surface area contributed by atoms with E-state index in [9.17, 15) is 18.0 Å². The Morgan fingerprint density at radius 2 is 2.14 bits per heavy atom. The van der Waals surface area contributed by atoms with Gasteiger partial charge in [0, 0.05) is 6.54 Å². The van der Waals surface area contributed by atoms with Gasteiger partial charge < -0.3 is 10.6 Å². The fourth-order valence-corrected chi connectivity index (χ4v) is 2.81. The lowest BCUT2D eigenvalue weighted by Gasteiger charge is -2.29. The molecule has 1 aromatic heterocycles. The molecule has 2 heterocycles. The van der Waals surface area contributed by atoms with Crippen molar-refractivity contribution in [2.75, 3.05) is 18.4 Å². The molecule has 0 spiro atoms. The molecule has 116 valence electrons. The van der Waals surface area contributed by atoms with Crippen LogP contribution in [0.15, 0.2) is 6.07 Å². The van der Waals surface area contributed by atoms with Crippen molar-refractivity contribution >= 4 is 34.8 Å². The molecule has 1 atom stereocenters. The summed E-state index contributed by atoms with van der Waals surface area (Å²) >= 11 is 11.5. The molecule has 0 radical (unpaired) electrons. The van der Waals surface area contributed by atoms with Gasteiger partial charge >= 0.3 is 6.18 Å². The molecular weight excluding hydrogens is 330 g/mol. The minimum absolute atomic E-state index is 0.0431. The molecule has 1 unspecified atom stereocenters. The van der Waals surface area contributed by atoms with Crippen LogP contribution in [0.1, 0.15) is 12.0 Å². The number of halogens is 5. The summed E-state index contributed by atoms with van der Waals surface area (Å²) in [6.45, 7) is 1.24. The van der Waals surface area contributed by atoms with Crippen molar-refractivity contribution in [3.63, 3.8) is 0 Å². The summed E-state index contributed by atoms with van der Waals surface area (Å²) in [5, 5.41) is 4.78. The Labute approximate surface area is 129 Å². The number of hydrogen-bond acceptors (Lipinski definition) is 3. The Morgan fingerprint density at radius 1 is 1.48 bits per heavy atom. The zero-order valence-corrected chi connectivity index (χ0v) is 12.5.